The fraction of sp³-hybridized carbons (Fsp3) is 0.538. The molecule has 0 aliphatic carbocycles. The fourth-order valence-electron chi connectivity index (χ4n) is 1.42. The van der Waals surface area contributed by atoms with Crippen molar-refractivity contribution in [1.82, 2.24) is 5.32 Å². The molecule has 0 bridgehead atoms. The minimum atomic E-state index is 0.753. The molecule has 78 valence electrons. The van der Waals surface area contributed by atoms with Gasteiger partial charge in [-0.25, -0.2) is 0 Å². The molecule has 14 heavy (non-hydrogen) atoms. The average Bonchev–Trinajstić information content (AvgIpc) is 2.14. The molecule has 1 saturated heterocycles. The van der Waals surface area contributed by atoms with Crippen LogP contribution in [0.25, 0.3) is 0 Å². The third kappa shape index (κ3) is 3.93. The van der Waals surface area contributed by atoms with Crippen LogP contribution in [0.5, 0.6) is 0 Å². The Bertz CT molecular complexity index is 221. The molecule has 0 aromatic rings. The Hall–Kier alpha value is -0.820. The van der Waals surface area contributed by atoms with Crippen LogP contribution in [0.2, 0.25) is 0 Å². The summed E-state index contributed by atoms with van der Waals surface area (Å²) in [5.41, 5.74) is 1.36. The Balaban J connectivity index is 2.30. The Labute approximate surface area is 87.6 Å². The number of nitrogens with one attached hydrogen (secondary N) is 1. The van der Waals surface area contributed by atoms with Crippen molar-refractivity contribution in [2.75, 3.05) is 13.1 Å². The molecule has 1 aliphatic rings. The molecule has 0 amide bonds. The van der Waals surface area contributed by atoms with Crippen LogP contribution in [0.1, 0.15) is 26.2 Å². The average molecular weight is 191 g/mol. The van der Waals surface area contributed by atoms with Gasteiger partial charge in [0.05, 0.1) is 0 Å². The number of hydrogen-bond donors (Lipinski definition) is 1. The summed E-state index contributed by atoms with van der Waals surface area (Å²) in [6.07, 6.45) is 12.3. The van der Waals surface area contributed by atoms with Gasteiger partial charge < -0.3 is 5.32 Å². The normalized spacial score (nSPS) is 18.5. The molecular formula is C13H21N. The number of rotatable bonds is 6. The first-order valence-electron chi connectivity index (χ1n) is 5.57. The maximum absolute atomic E-state index is 3.83. The van der Waals surface area contributed by atoms with Crippen molar-refractivity contribution in [2.24, 2.45) is 5.92 Å². The molecule has 0 radical (unpaired) electrons. The Morgan fingerprint density at radius 1 is 1.50 bits per heavy atom. The lowest BCUT2D eigenvalue weighted by atomic mass is 10.0. The molecule has 0 spiro atoms. The standard InChI is InChI=1S/C13H21N/c1-3-5-7-12(4-2)8-6-9-13-10-14-11-13/h4,6,8-9,13-14H,2-3,5,7,10-11H2,1H3/b9-6+,12-8+. The van der Waals surface area contributed by atoms with Gasteiger partial charge in [0, 0.05) is 19.0 Å². The van der Waals surface area contributed by atoms with Gasteiger partial charge in [-0.15, -0.1) is 0 Å². The van der Waals surface area contributed by atoms with E-state index in [0.717, 1.165) is 25.4 Å². The van der Waals surface area contributed by atoms with Gasteiger partial charge in [0.15, 0.2) is 0 Å². The van der Waals surface area contributed by atoms with Gasteiger partial charge >= 0.3 is 0 Å². The van der Waals surface area contributed by atoms with Gasteiger partial charge in [0.1, 0.15) is 0 Å². The molecule has 0 unspecified atom stereocenters. The van der Waals surface area contributed by atoms with E-state index in [1.165, 1.54) is 18.4 Å². The maximum Gasteiger partial charge on any atom is 0.00267 e. The summed E-state index contributed by atoms with van der Waals surface area (Å²) >= 11 is 0. The highest BCUT2D eigenvalue weighted by molar-refractivity contribution is 5.22. The van der Waals surface area contributed by atoms with E-state index < -0.39 is 0 Å². The van der Waals surface area contributed by atoms with Crippen LogP contribution in [0.15, 0.2) is 36.5 Å². The van der Waals surface area contributed by atoms with Crippen molar-refractivity contribution in [3.63, 3.8) is 0 Å². The molecule has 0 saturated carbocycles. The van der Waals surface area contributed by atoms with E-state index in [0.29, 0.717) is 0 Å². The second-order valence-electron chi connectivity index (χ2n) is 3.85. The lowest BCUT2D eigenvalue weighted by Gasteiger charge is -2.23. The van der Waals surface area contributed by atoms with Gasteiger partial charge in [-0.1, -0.05) is 44.2 Å². The van der Waals surface area contributed by atoms with E-state index in [1.54, 1.807) is 0 Å². The van der Waals surface area contributed by atoms with Crippen molar-refractivity contribution in [1.29, 1.82) is 0 Å². The van der Waals surface area contributed by atoms with Gasteiger partial charge in [0.25, 0.3) is 0 Å². The van der Waals surface area contributed by atoms with Crippen LogP contribution in [0.4, 0.5) is 0 Å². The van der Waals surface area contributed by atoms with E-state index in [9.17, 15) is 0 Å². The van der Waals surface area contributed by atoms with Crippen LogP contribution >= 0.6 is 0 Å². The molecule has 1 heterocycles. The number of unbranched alkanes of at least 4 members (excludes halogenated alkanes) is 1. The lowest BCUT2D eigenvalue weighted by molar-refractivity contribution is 0.419. The van der Waals surface area contributed by atoms with E-state index >= 15 is 0 Å². The minimum Gasteiger partial charge on any atom is -0.315 e. The van der Waals surface area contributed by atoms with Crippen molar-refractivity contribution in [2.45, 2.75) is 26.2 Å². The highest BCUT2D eigenvalue weighted by Crippen LogP contribution is 2.09. The van der Waals surface area contributed by atoms with E-state index in [1.807, 2.05) is 6.08 Å². The SMILES string of the molecule is C=C/C(=C\C=C\C1CNC1)CCCC. The van der Waals surface area contributed by atoms with Crippen LogP contribution in [-0.4, -0.2) is 13.1 Å². The second-order valence-corrected chi connectivity index (χ2v) is 3.85. The molecule has 1 nitrogen and oxygen atoms in total. The Morgan fingerprint density at radius 2 is 2.29 bits per heavy atom. The molecule has 1 heteroatoms. The Morgan fingerprint density at radius 3 is 2.79 bits per heavy atom. The fourth-order valence-corrected chi connectivity index (χ4v) is 1.42. The predicted molar refractivity (Wildman–Crippen MR) is 63.3 cm³/mol. The Kier molecular flexibility index (Phi) is 5.31. The van der Waals surface area contributed by atoms with Gasteiger partial charge in [-0.3, -0.25) is 0 Å². The number of hydrogen-bond acceptors (Lipinski definition) is 1. The zero-order chi connectivity index (χ0) is 10.2. The molecule has 0 atom stereocenters. The van der Waals surface area contributed by atoms with Gasteiger partial charge in [-0.05, 0) is 18.4 Å². The highest BCUT2D eigenvalue weighted by Gasteiger charge is 2.11. The third-order valence-electron chi connectivity index (χ3n) is 2.59. The van der Waals surface area contributed by atoms with Crippen molar-refractivity contribution in [3.8, 4) is 0 Å². The van der Waals surface area contributed by atoms with Crippen LogP contribution in [0, 0.1) is 5.92 Å². The summed E-state index contributed by atoms with van der Waals surface area (Å²) in [6, 6.07) is 0. The topological polar surface area (TPSA) is 12.0 Å². The summed E-state index contributed by atoms with van der Waals surface area (Å²) in [5.74, 6) is 0.753. The first-order valence-corrected chi connectivity index (χ1v) is 5.57. The summed E-state index contributed by atoms with van der Waals surface area (Å²) in [7, 11) is 0. The lowest BCUT2D eigenvalue weighted by Crippen LogP contribution is -2.40. The van der Waals surface area contributed by atoms with Crippen molar-refractivity contribution >= 4 is 0 Å². The van der Waals surface area contributed by atoms with E-state index in [-0.39, 0.29) is 0 Å². The van der Waals surface area contributed by atoms with Crippen LogP contribution in [0.3, 0.4) is 0 Å². The first kappa shape index (κ1) is 11.3. The summed E-state index contributed by atoms with van der Waals surface area (Å²) in [6.45, 7) is 8.33. The largest absolute Gasteiger partial charge is 0.315 e. The van der Waals surface area contributed by atoms with Crippen molar-refractivity contribution < 1.29 is 0 Å². The highest BCUT2D eigenvalue weighted by atomic mass is 14.9. The van der Waals surface area contributed by atoms with E-state index in [4.69, 9.17) is 0 Å². The summed E-state index contributed by atoms with van der Waals surface area (Å²) < 4.78 is 0. The monoisotopic (exact) mass is 191 g/mol. The zero-order valence-corrected chi connectivity index (χ0v) is 9.13. The van der Waals surface area contributed by atoms with E-state index in [2.05, 4.69) is 37.0 Å². The minimum absolute atomic E-state index is 0.753. The second kappa shape index (κ2) is 6.61. The smallest absolute Gasteiger partial charge is 0.00267 e. The quantitative estimate of drug-likeness (QED) is 0.636. The first-order chi connectivity index (χ1) is 6.86. The molecule has 1 aliphatic heterocycles. The molecule has 1 N–H and O–H groups in total. The summed E-state index contributed by atoms with van der Waals surface area (Å²) in [5, 5.41) is 3.26. The maximum atomic E-state index is 3.83. The molecule has 1 fully saturated rings. The molecule has 0 aromatic heterocycles. The molecule has 1 rings (SSSR count). The molecular weight excluding hydrogens is 170 g/mol. The molecule has 0 aromatic carbocycles. The van der Waals surface area contributed by atoms with Crippen molar-refractivity contribution in [3.05, 3.63) is 36.5 Å². The van der Waals surface area contributed by atoms with Gasteiger partial charge in [0.2, 0.25) is 0 Å². The van der Waals surface area contributed by atoms with Crippen LogP contribution < -0.4 is 5.32 Å². The van der Waals surface area contributed by atoms with Gasteiger partial charge in [-0.2, -0.15) is 0 Å². The zero-order valence-electron chi connectivity index (χ0n) is 9.13. The van der Waals surface area contributed by atoms with Crippen LogP contribution in [-0.2, 0) is 0 Å². The predicted octanol–water partition coefficient (Wildman–Crippen LogP) is 3.06. The summed E-state index contributed by atoms with van der Waals surface area (Å²) in [4.78, 5) is 0. The third-order valence-corrected chi connectivity index (χ3v) is 2.59. The number of allylic oxidation sites excluding steroid dienone is 4.